The SMILES string of the molecule is Cc1ccc(C(O)CNCC2CCCC2)o1. The number of hydrogen-bond donors (Lipinski definition) is 2. The van der Waals surface area contributed by atoms with Gasteiger partial charge in [0.1, 0.15) is 17.6 Å². The van der Waals surface area contributed by atoms with Crippen molar-refractivity contribution in [2.75, 3.05) is 13.1 Å². The predicted molar refractivity (Wildman–Crippen MR) is 63.2 cm³/mol. The van der Waals surface area contributed by atoms with Gasteiger partial charge in [-0.3, -0.25) is 0 Å². The predicted octanol–water partition coefficient (Wildman–Crippen LogP) is 2.40. The van der Waals surface area contributed by atoms with Crippen molar-refractivity contribution in [1.82, 2.24) is 5.32 Å². The van der Waals surface area contributed by atoms with Crippen LogP contribution < -0.4 is 5.32 Å². The van der Waals surface area contributed by atoms with Gasteiger partial charge in [0.15, 0.2) is 0 Å². The largest absolute Gasteiger partial charge is 0.464 e. The average molecular weight is 223 g/mol. The monoisotopic (exact) mass is 223 g/mol. The van der Waals surface area contributed by atoms with Gasteiger partial charge in [-0.1, -0.05) is 12.8 Å². The molecule has 0 aliphatic heterocycles. The summed E-state index contributed by atoms with van der Waals surface area (Å²) in [7, 11) is 0. The molecule has 1 fully saturated rings. The topological polar surface area (TPSA) is 45.4 Å². The first-order valence-electron chi connectivity index (χ1n) is 6.21. The van der Waals surface area contributed by atoms with Crippen molar-refractivity contribution in [3.05, 3.63) is 23.7 Å². The van der Waals surface area contributed by atoms with Crippen LogP contribution >= 0.6 is 0 Å². The second-order valence-corrected chi connectivity index (χ2v) is 4.77. The average Bonchev–Trinajstić information content (AvgIpc) is 2.89. The lowest BCUT2D eigenvalue weighted by Gasteiger charge is -2.13. The van der Waals surface area contributed by atoms with Gasteiger partial charge in [0.05, 0.1) is 0 Å². The van der Waals surface area contributed by atoms with Crippen molar-refractivity contribution < 1.29 is 9.52 Å². The van der Waals surface area contributed by atoms with Gasteiger partial charge in [0.2, 0.25) is 0 Å². The number of rotatable bonds is 5. The van der Waals surface area contributed by atoms with Crippen LogP contribution in [0.3, 0.4) is 0 Å². The molecule has 0 spiro atoms. The van der Waals surface area contributed by atoms with Gasteiger partial charge < -0.3 is 14.8 Å². The quantitative estimate of drug-likeness (QED) is 0.805. The molecule has 0 bridgehead atoms. The molecule has 1 aliphatic rings. The second kappa shape index (κ2) is 5.51. The molecule has 0 aromatic carbocycles. The van der Waals surface area contributed by atoms with Gasteiger partial charge in [0.25, 0.3) is 0 Å². The third kappa shape index (κ3) is 3.09. The number of furan rings is 1. The molecule has 2 N–H and O–H groups in total. The van der Waals surface area contributed by atoms with Crippen LogP contribution in [0.1, 0.15) is 43.3 Å². The van der Waals surface area contributed by atoms with Crippen LogP contribution in [0.2, 0.25) is 0 Å². The third-order valence-electron chi connectivity index (χ3n) is 3.34. The Morgan fingerprint density at radius 3 is 2.81 bits per heavy atom. The minimum Gasteiger partial charge on any atom is -0.464 e. The Bertz CT molecular complexity index is 315. The molecule has 0 saturated heterocycles. The fourth-order valence-electron chi connectivity index (χ4n) is 2.37. The van der Waals surface area contributed by atoms with Crippen LogP contribution in [-0.4, -0.2) is 18.2 Å². The van der Waals surface area contributed by atoms with E-state index in [9.17, 15) is 5.11 Å². The summed E-state index contributed by atoms with van der Waals surface area (Å²) in [5.41, 5.74) is 0. The summed E-state index contributed by atoms with van der Waals surface area (Å²) < 4.78 is 5.38. The Kier molecular flexibility index (Phi) is 4.02. The van der Waals surface area contributed by atoms with Gasteiger partial charge >= 0.3 is 0 Å². The highest BCUT2D eigenvalue weighted by molar-refractivity contribution is 5.08. The summed E-state index contributed by atoms with van der Waals surface area (Å²) in [5.74, 6) is 2.33. The Labute approximate surface area is 96.8 Å². The molecule has 3 heteroatoms. The molecular formula is C13H21NO2. The molecule has 0 radical (unpaired) electrons. The lowest BCUT2D eigenvalue weighted by molar-refractivity contribution is 0.144. The molecule has 90 valence electrons. The minimum absolute atomic E-state index is 0.518. The summed E-state index contributed by atoms with van der Waals surface area (Å²) in [4.78, 5) is 0. The van der Waals surface area contributed by atoms with Gasteiger partial charge in [-0.05, 0) is 44.4 Å². The molecular weight excluding hydrogens is 202 g/mol. The Morgan fingerprint density at radius 1 is 1.44 bits per heavy atom. The molecule has 2 rings (SSSR count). The highest BCUT2D eigenvalue weighted by atomic mass is 16.4. The first kappa shape index (κ1) is 11.7. The maximum atomic E-state index is 9.85. The lowest BCUT2D eigenvalue weighted by atomic mass is 10.1. The smallest absolute Gasteiger partial charge is 0.133 e. The molecule has 0 amide bonds. The van der Waals surface area contributed by atoms with Crippen LogP contribution in [0.4, 0.5) is 0 Å². The van der Waals surface area contributed by atoms with Gasteiger partial charge in [0, 0.05) is 6.54 Å². The van der Waals surface area contributed by atoms with E-state index in [4.69, 9.17) is 4.42 Å². The molecule has 1 aromatic heterocycles. The summed E-state index contributed by atoms with van der Waals surface area (Å²) in [6.45, 7) is 3.50. The summed E-state index contributed by atoms with van der Waals surface area (Å²) in [6, 6.07) is 3.73. The molecule has 1 aliphatic carbocycles. The van der Waals surface area contributed by atoms with Crippen molar-refractivity contribution >= 4 is 0 Å². The molecule has 1 aromatic rings. The van der Waals surface area contributed by atoms with E-state index in [0.717, 1.165) is 18.2 Å². The number of aryl methyl sites for hydroxylation is 1. The number of nitrogens with one attached hydrogen (secondary N) is 1. The Morgan fingerprint density at radius 2 is 2.19 bits per heavy atom. The first-order valence-corrected chi connectivity index (χ1v) is 6.21. The van der Waals surface area contributed by atoms with Crippen LogP contribution in [0.5, 0.6) is 0 Å². The fourth-order valence-corrected chi connectivity index (χ4v) is 2.37. The van der Waals surface area contributed by atoms with Gasteiger partial charge in [-0.2, -0.15) is 0 Å². The summed E-state index contributed by atoms with van der Waals surface area (Å²) >= 11 is 0. The number of hydrogen-bond acceptors (Lipinski definition) is 3. The maximum Gasteiger partial charge on any atom is 0.133 e. The van der Waals surface area contributed by atoms with E-state index in [1.807, 2.05) is 19.1 Å². The zero-order valence-electron chi connectivity index (χ0n) is 9.91. The van der Waals surface area contributed by atoms with Crippen LogP contribution in [0.15, 0.2) is 16.5 Å². The first-order chi connectivity index (χ1) is 7.75. The standard InChI is InChI=1S/C13H21NO2/c1-10-6-7-13(16-10)12(15)9-14-8-11-4-2-3-5-11/h6-7,11-12,14-15H,2-5,8-9H2,1H3. The number of aliphatic hydroxyl groups is 1. The highest BCUT2D eigenvalue weighted by Crippen LogP contribution is 2.24. The van der Waals surface area contributed by atoms with Crippen molar-refractivity contribution in [2.24, 2.45) is 5.92 Å². The highest BCUT2D eigenvalue weighted by Gasteiger charge is 2.16. The molecule has 1 unspecified atom stereocenters. The minimum atomic E-state index is -0.518. The Balaban J connectivity index is 1.69. The molecule has 1 atom stereocenters. The van der Waals surface area contributed by atoms with E-state index >= 15 is 0 Å². The fraction of sp³-hybridized carbons (Fsp3) is 0.692. The van der Waals surface area contributed by atoms with Crippen LogP contribution in [0, 0.1) is 12.8 Å². The Hall–Kier alpha value is -0.800. The van der Waals surface area contributed by atoms with Crippen molar-refractivity contribution in [1.29, 1.82) is 0 Å². The van der Waals surface area contributed by atoms with E-state index < -0.39 is 6.10 Å². The van der Waals surface area contributed by atoms with E-state index in [1.165, 1.54) is 25.7 Å². The van der Waals surface area contributed by atoms with Crippen LogP contribution in [0.25, 0.3) is 0 Å². The maximum absolute atomic E-state index is 9.85. The summed E-state index contributed by atoms with van der Waals surface area (Å²) in [6.07, 6.45) is 4.89. The van der Waals surface area contributed by atoms with Gasteiger partial charge in [-0.25, -0.2) is 0 Å². The second-order valence-electron chi connectivity index (χ2n) is 4.77. The third-order valence-corrected chi connectivity index (χ3v) is 3.34. The zero-order valence-corrected chi connectivity index (χ0v) is 9.91. The van der Waals surface area contributed by atoms with E-state index in [1.54, 1.807) is 0 Å². The molecule has 3 nitrogen and oxygen atoms in total. The van der Waals surface area contributed by atoms with E-state index in [0.29, 0.717) is 12.3 Å². The van der Waals surface area contributed by atoms with E-state index in [-0.39, 0.29) is 0 Å². The lowest BCUT2D eigenvalue weighted by Crippen LogP contribution is -2.26. The summed E-state index contributed by atoms with van der Waals surface area (Å²) in [5, 5.41) is 13.2. The molecule has 1 heterocycles. The number of aliphatic hydroxyl groups excluding tert-OH is 1. The molecule has 1 saturated carbocycles. The zero-order chi connectivity index (χ0) is 11.4. The normalized spacial score (nSPS) is 19.1. The van der Waals surface area contributed by atoms with Gasteiger partial charge in [-0.15, -0.1) is 0 Å². The van der Waals surface area contributed by atoms with Crippen molar-refractivity contribution in [3.63, 3.8) is 0 Å². The van der Waals surface area contributed by atoms with Crippen molar-refractivity contribution in [3.8, 4) is 0 Å². The van der Waals surface area contributed by atoms with E-state index in [2.05, 4.69) is 5.32 Å². The van der Waals surface area contributed by atoms with Crippen molar-refractivity contribution in [2.45, 2.75) is 38.7 Å². The van der Waals surface area contributed by atoms with Crippen LogP contribution in [-0.2, 0) is 0 Å². The molecule has 16 heavy (non-hydrogen) atoms.